The predicted octanol–water partition coefficient (Wildman–Crippen LogP) is 5.25. The van der Waals surface area contributed by atoms with E-state index >= 15 is 0 Å². The quantitative estimate of drug-likeness (QED) is 0.545. The third-order valence-corrected chi connectivity index (χ3v) is 5.74. The van der Waals surface area contributed by atoms with Crippen LogP contribution in [0.2, 0.25) is 0 Å². The number of fused-ring (bicyclic) bond motifs is 1. The van der Waals surface area contributed by atoms with Crippen molar-refractivity contribution in [2.45, 2.75) is 24.7 Å². The number of pyridine rings is 1. The fraction of sp³-hybridized carbons (Fsp3) is 0.318. The van der Waals surface area contributed by atoms with Gasteiger partial charge in [-0.25, -0.2) is 4.39 Å². The molecule has 0 N–H and O–H groups in total. The van der Waals surface area contributed by atoms with E-state index < -0.39 is 0 Å². The van der Waals surface area contributed by atoms with Gasteiger partial charge >= 0.3 is 0 Å². The average molecular weight is 383 g/mol. The number of hydrogen-bond acceptors (Lipinski definition) is 3. The molecule has 27 heavy (non-hydrogen) atoms. The van der Waals surface area contributed by atoms with E-state index in [1.807, 2.05) is 6.07 Å². The predicted molar refractivity (Wildman–Crippen MR) is 109 cm³/mol. The Kier molecular flexibility index (Phi) is 4.96. The van der Waals surface area contributed by atoms with Crippen LogP contribution in [0.25, 0.3) is 21.9 Å². The van der Waals surface area contributed by atoms with Crippen molar-refractivity contribution < 1.29 is 9.13 Å². The molecule has 0 amide bonds. The Balaban J connectivity index is 1.92. The Bertz CT molecular complexity index is 1060. The Morgan fingerprint density at radius 3 is 2.70 bits per heavy atom. The molecule has 0 bridgehead atoms. The molecule has 3 nitrogen and oxygen atoms in total. The van der Waals surface area contributed by atoms with Crippen LogP contribution in [0.4, 0.5) is 4.39 Å². The van der Waals surface area contributed by atoms with Crippen molar-refractivity contribution in [3.8, 4) is 16.9 Å². The van der Waals surface area contributed by atoms with Crippen molar-refractivity contribution in [3.63, 3.8) is 0 Å². The van der Waals surface area contributed by atoms with E-state index in [-0.39, 0.29) is 11.4 Å². The van der Waals surface area contributed by atoms with E-state index in [0.29, 0.717) is 23.3 Å². The second-order valence-electron chi connectivity index (χ2n) is 6.99. The summed E-state index contributed by atoms with van der Waals surface area (Å²) < 4.78 is 21.6. The van der Waals surface area contributed by atoms with Crippen molar-refractivity contribution in [1.82, 2.24) is 4.57 Å². The van der Waals surface area contributed by atoms with Gasteiger partial charge in [0.2, 0.25) is 0 Å². The lowest BCUT2D eigenvalue weighted by molar-refractivity contribution is 0.301. The highest BCUT2D eigenvalue weighted by Gasteiger charge is 2.23. The Morgan fingerprint density at radius 1 is 1.15 bits per heavy atom. The van der Waals surface area contributed by atoms with Gasteiger partial charge in [0, 0.05) is 34.7 Å². The highest BCUT2D eigenvalue weighted by molar-refractivity contribution is 7.99. The first kappa shape index (κ1) is 18.1. The number of thioether (sulfide) groups is 1. The van der Waals surface area contributed by atoms with Crippen LogP contribution < -0.4 is 10.3 Å². The molecule has 0 spiro atoms. The van der Waals surface area contributed by atoms with Crippen LogP contribution in [0.15, 0.2) is 52.3 Å². The SMILES string of the molecule is CCSc1ccc(OCC2CC2)c(-c2cn(C)c(=O)c3ccc(F)cc23)c1. The molecule has 140 valence electrons. The fourth-order valence-corrected chi connectivity index (χ4v) is 3.95. The lowest BCUT2D eigenvalue weighted by Crippen LogP contribution is -2.16. The molecule has 2 aromatic carbocycles. The molecule has 0 aliphatic heterocycles. The molecule has 4 rings (SSSR count). The Labute approximate surface area is 162 Å². The van der Waals surface area contributed by atoms with Gasteiger partial charge < -0.3 is 9.30 Å². The van der Waals surface area contributed by atoms with Gasteiger partial charge in [0.05, 0.1) is 6.61 Å². The molecule has 0 unspecified atom stereocenters. The second-order valence-corrected chi connectivity index (χ2v) is 8.33. The minimum absolute atomic E-state index is 0.131. The highest BCUT2D eigenvalue weighted by Crippen LogP contribution is 2.38. The molecule has 1 fully saturated rings. The summed E-state index contributed by atoms with van der Waals surface area (Å²) in [6.07, 6.45) is 4.21. The minimum atomic E-state index is -0.350. The van der Waals surface area contributed by atoms with E-state index in [9.17, 15) is 9.18 Å². The summed E-state index contributed by atoms with van der Waals surface area (Å²) in [7, 11) is 1.73. The molecule has 0 radical (unpaired) electrons. The van der Waals surface area contributed by atoms with Gasteiger partial charge in [-0.3, -0.25) is 4.79 Å². The van der Waals surface area contributed by atoms with Crippen LogP contribution in [-0.2, 0) is 7.05 Å². The molecule has 0 saturated heterocycles. The molecule has 0 atom stereocenters. The van der Waals surface area contributed by atoms with Crippen molar-refractivity contribution in [2.24, 2.45) is 13.0 Å². The van der Waals surface area contributed by atoms with Crippen molar-refractivity contribution in [3.05, 3.63) is 58.8 Å². The van der Waals surface area contributed by atoms with Crippen molar-refractivity contribution in [2.75, 3.05) is 12.4 Å². The lowest BCUT2D eigenvalue weighted by Gasteiger charge is -2.16. The van der Waals surface area contributed by atoms with E-state index in [0.717, 1.165) is 27.5 Å². The molecule has 1 aliphatic carbocycles. The molecule has 5 heteroatoms. The molecule has 1 heterocycles. The average Bonchev–Trinajstić information content (AvgIpc) is 3.48. The third-order valence-electron chi connectivity index (χ3n) is 4.87. The number of halogens is 1. The zero-order valence-corrected chi connectivity index (χ0v) is 16.3. The van der Waals surface area contributed by atoms with Gasteiger partial charge in [-0.2, -0.15) is 0 Å². The van der Waals surface area contributed by atoms with Gasteiger partial charge in [-0.15, -0.1) is 11.8 Å². The van der Waals surface area contributed by atoms with E-state index in [2.05, 4.69) is 19.1 Å². The first-order valence-corrected chi connectivity index (χ1v) is 10.2. The summed E-state index contributed by atoms with van der Waals surface area (Å²) in [5.41, 5.74) is 1.59. The zero-order valence-electron chi connectivity index (χ0n) is 15.5. The first-order chi connectivity index (χ1) is 13.1. The molecule has 1 saturated carbocycles. The number of ether oxygens (including phenoxy) is 1. The molecular formula is C22H22FNO2S. The normalized spacial score (nSPS) is 13.9. The van der Waals surface area contributed by atoms with Crippen molar-refractivity contribution in [1.29, 1.82) is 0 Å². The van der Waals surface area contributed by atoms with Gasteiger partial charge in [-0.05, 0) is 66.3 Å². The molecular weight excluding hydrogens is 361 g/mol. The van der Waals surface area contributed by atoms with Crippen LogP contribution >= 0.6 is 11.8 Å². The topological polar surface area (TPSA) is 31.2 Å². The van der Waals surface area contributed by atoms with Crippen LogP contribution in [0.5, 0.6) is 5.75 Å². The fourth-order valence-electron chi connectivity index (χ4n) is 3.25. The molecule has 1 aromatic heterocycles. The lowest BCUT2D eigenvalue weighted by atomic mass is 9.99. The number of aryl methyl sites for hydroxylation is 1. The van der Waals surface area contributed by atoms with Crippen LogP contribution in [0.3, 0.4) is 0 Å². The van der Waals surface area contributed by atoms with Gasteiger partial charge in [0.15, 0.2) is 0 Å². The van der Waals surface area contributed by atoms with E-state index in [1.165, 1.54) is 25.0 Å². The second kappa shape index (κ2) is 7.39. The van der Waals surface area contributed by atoms with E-state index in [1.54, 1.807) is 35.6 Å². The zero-order chi connectivity index (χ0) is 19.0. The summed E-state index contributed by atoms with van der Waals surface area (Å²) in [6.45, 7) is 2.81. The summed E-state index contributed by atoms with van der Waals surface area (Å²) in [5.74, 6) is 2.03. The summed E-state index contributed by atoms with van der Waals surface area (Å²) in [5, 5.41) is 1.13. The molecule has 3 aromatic rings. The monoisotopic (exact) mass is 383 g/mol. The number of rotatable bonds is 6. The maximum absolute atomic E-state index is 14.0. The first-order valence-electron chi connectivity index (χ1n) is 9.25. The standard InChI is InChI=1S/C22H22FNO2S/c1-3-27-16-7-9-21(26-13-14-4-5-14)19(11-16)20-12-24(2)22(25)17-8-6-15(23)10-18(17)20/h6-12,14H,3-5,13H2,1-2H3. The summed E-state index contributed by atoms with van der Waals surface area (Å²) in [4.78, 5) is 13.6. The highest BCUT2D eigenvalue weighted by atomic mass is 32.2. The summed E-state index contributed by atoms with van der Waals surface area (Å²) >= 11 is 1.75. The minimum Gasteiger partial charge on any atom is -0.493 e. The number of benzene rings is 2. The third kappa shape index (κ3) is 3.74. The maximum Gasteiger partial charge on any atom is 0.258 e. The van der Waals surface area contributed by atoms with Gasteiger partial charge in [0.1, 0.15) is 11.6 Å². The number of aromatic nitrogens is 1. The van der Waals surface area contributed by atoms with Crippen molar-refractivity contribution >= 4 is 22.5 Å². The van der Waals surface area contributed by atoms with Crippen LogP contribution in [-0.4, -0.2) is 16.9 Å². The van der Waals surface area contributed by atoms with Crippen LogP contribution in [0, 0.1) is 11.7 Å². The van der Waals surface area contributed by atoms with Crippen LogP contribution in [0.1, 0.15) is 19.8 Å². The number of nitrogens with zero attached hydrogens (tertiary/aromatic N) is 1. The maximum atomic E-state index is 14.0. The van der Waals surface area contributed by atoms with Gasteiger partial charge in [0.25, 0.3) is 5.56 Å². The van der Waals surface area contributed by atoms with E-state index in [4.69, 9.17) is 4.74 Å². The largest absolute Gasteiger partial charge is 0.493 e. The number of hydrogen-bond donors (Lipinski definition) is 0. The summed E-state index contributed by atoms with van der Waals surface area (Å²) in [6, 6.07) is 10.5. The molecule has 1 aliphatic rings. The Morgan fingerprint density at radius 2 is 1.96 bits per heavy atom. The smallest absolute Gasteiger partial charge is 0.258 e. The Hall–Kier alpha value is -2.27. The van der Waals surface area contributed by atoms with Gasteiger partial charge in [-0.1, -0.05) is 6.92 Å².